The SMILES string of the molecule is CN(CC#CCP(=O)(O)O)Cc1ccc(Oc2ccccc2)cc1. The van der Waals surface area contributed by atoms with E-state index in [1.165, 1.54) is 0 Å². The number of nitrogens with zero attached hydrogens (tertiary/aromatic N) is 1. The molecule has 24 heavy (non-hydrogen) atoms. The molecule has 0 aliphatic rings. The first-order valence-corrected chi connectivity index (χ1v) is 9.23. The number of hydrogen-bond donors (Lipinski definition) is 2. The van der Waals surface area contributed by atoms with Crippen LogP contribution in [-0.2, 0) is 11.1 Å². The van der Waals surface area contributed by atoms with Gasteiger partial charge in [0.15, 0.2) is 0 Å². The van der Waals surface area contributed by atoms with Gasteiger partial charge >= 0.3 is 7.60 Å². The fourth-order valence-corrected chi connectivity index (χ4v) is 2.32. The summed E-state index contributed by atoms with van der Waals surface area (Å²) in [6.45, 7) is 1.14. The van der Waals surface area contributed by atoms with E-state index in [4.69, 9.17) is 14.5 Å². The normalized spacial score (nSPS) is 11.0. The Morgan fingerprint density at radius 1 is 1.00 bits per heavy atom. The summed E-state index contributed by atoms with van der Waals surface area (Å²) in [6.07, 6.45) is -0.396. The molecule has 0 unspecified atom stereocenters. The number of rotatable bonds is 6. The zero-order chi connectivity index (χ0) is 17.4. The minimum Gasteiger partial charge on any atom is -0.457 e. The topological polar surface area (TPSA) is 70.0 Å². The Bertz CT molecular complexity index is 744. The molecule has 0 aliphatic heterocycles. The highest BCUT2D eigenvalue weighted by molar-refractivity contribution is 7.52. The number of benzene rings is 2. The van der Waals surface area contributed by atoms with Crippen LogP contribution in [-0.4, -0.2) is 34.4 Å². The van der Waals surface area contributed by atoms with Crippen LogP contribution < -0.4 is 4.74 Å². The lowest BCUT2D eigenvalue weighted by molar-refractivity contribution is 0.368. The first-order chi connectivity index (χ1) is 11.4. The second kappa shape index (κ2) is 8.68. The van der Waals surface area contributed by atoms with E-state index >= 15 is 0 Å². The molecular formula is C18H20NO4P. The van der Waals surface area contributed by atoms with Gasteiger partial charge in [-0.1, -0.05) is 42.2 Å². The molecule has 0 saturated carbocycles. The van der Waals surface area contributed by atoms with Crippen LogP contribution in [0.2, 0.25) is 0 Å². The largest absolute Gasteiger partial charge is 0.457 e. The highest BCUT2D eigenvalue weighted by atomic mass is 31.2. The third-order valence-corrected chi connectivity index (χ3v) is 3.68. The summed E-state index contributed by atoms with van der Waals surface area (Å²) in [7, 11) is -2.13. The molecular weight excluding hydrogens is 325 g/mol. The number of para-hydroxylation sites is 1. The van der Waals surface area contributed by atoms with Crippen molar-refractivity contribution in [3.05, 3.63) is 60.2 Å². The number of hydrogen-bond acceptors (Lipinski definition) is 3. The fraction of sp³-hybridized carbons (Fsp3) is 0.222. The molecule has 2 aromatic rings. The van der Waals surface area contributed by atoms with E-state index in [1.807, 2.05) is 66.5 Å². The van der Waals surface area contributed by atoms with E-state index in [0.717, 1.165) is 17.1 Å². The van der Waals surface area contributed by atoms with E-state index in [0.29, 0.717) is 13.1 Å². The van der Waals surface area contributed by atoms with E-state index in [1.54, 1.807) is 0 Å². The van der Waals surface area contributed by atoms with Crippen LogP contribution in [0.25, 0.3) is 0 Å². The molecule has 0 saturated heterocycles. The van der Waals surface area contributed by atoms with E-state index < -0.39 is 13.8 Å². The Labute approximate surface area is 142 Å². The van der Waals surface area contributed by atoms with Gasteiger partial charge in [0.25, 0.3) is 0 Å². The van der Waals surface area contributed by atoms with Crippen molar-refractivity contribution in [1.82, 2.24) is 4.90 Å². The molecule has 0 bridgehead atoms. The van der Waals surface area contributed by atoms with Crippen molar-refractivity contribution in [2.75, 3.05) is 19.8 Å². The molecule has 126 valence electrons. The summed E-state index contributed by atoms with van der Waals surface area (Å²) in [4.78, 5) is 19.4. The molecule has 0 amide bonds. The van der Waals surface area contributed by atoms with Gasteiger partial charge < -0.3 is 14.5 Å². The zero-order valence-electron chi connectivity index (χ0n) is 13.4. The smallest absolute Gasteiger partial charge is 0.337 e. The average Bonchev–Trinajstić information content (AvgIpc) is 2.54. The Morgan fingerprint density at radius 2 is 1.62 bits per heavy atom. The summed E-state index contributed by atoms with van der Waals surface area (Å²) >= 11 is 0. The van der Waals surface area contributed by atoms with Crippen LogP contribution in [0, 0.1) is 11.8 Å². The molecule has 2 aromatic carbocycles. The van der Waals surface area contributed by atoms with Crippen molar-refractivity contribution >= 4 is 7.60 Å². The Kier molecular flexibility index (Phi) is 6.60. The van der Waals surface area contributed by atoms with Crippen LogP contribution in [0.5, 0.6) is 11.5 Å². The molecule has 2 N–H and O–H groups in total. The van der Waals surface area contributed by atoms with Crippen molar-refractivity contribution in [3.8, 4) is 23.3 Å². The third kappa shape index (κ3) is 6.99. The van der Waals surface area contributed by atoms with Crippen molar-refractivity contribution in [2.24, 2.45) is 0 Å². The van der Waals surface area contributed by atoms with Gasteiger partial charge in [-0.2, -0.15) is 0 Å². The molecule has 0 fully saturated rings. The van der Waals surface area contributed by atoms with Crippen LogP contribution in [0.1, 0.15) is 5.56 Å². The molecule has 0 heterocycles. The molecule has 0 spiro atoms. The van der Waals surface area contributed by atoms with Gasteiger partial charge in [0, 0.05) is 6.54 Å². The fourth-order valence-electron chi connectivity index (χ4n) is 2.00. The molecule has 0 aliphatic carbocycles. The van der Waals surface area contributed by atoms with Gasteiger partial charge in [0.05, 0.1) is 6.54 Å². The minimum absolute atomic E-state index is 0.396. The van der Waals surface area contributed by atoms with Crippen molar-refractivity contribution in [2.45, 2.75) is 6.54 Å². The van der Waals surface area contributed by atoms with Gasteiger partial charge in [0.2, 0.25) is 0 Å². The molecule has 5 nitrogen and oxygen atoms in total. The predicted molar refractivity (Wildman–Crippen MR) is 94.0 cm³/mol. The lowest BCUT2D eigenvalue weighted by Gasteiger charge is -2.13. The van der Waals surface area contributed by atoms with E-state index in [-0.39, 0.29) is 0 Å². The van der Waals surface area contributed by atoms with Crippen LogP contribution in [0.15, 0.2) is 54.6 Å². The molecule has 0 atom stereocenters. The van der Waals surface area contributed by atoms with Gasteiger partial charge in [0.1, 0.15) is 17.7 Å². The average molecular weight is 345 g/mol. The quantitative estimate of drug-likeness (QED) is 0.622. The maximum Gasteiger partial charge on any atom is 0.337 e. The Hall–Kier alpha value is -2.09. The van der Waals surface area contributed by atoms with E-state index in [9.17, 15) is 4.57 Å². The van der Waals surface area contributed by atoms with Gasteiger partial charge in [-0.3, -0.25) is 9.46 Å². The van der Waals surface area contributed by atoms with Crippen molar-refractivity contribution in [1.29, 1.82) is 0 Å². The van der Waals surface area contributed by atoms with Crippen molar-refractivity contribution < 1.29 is 19.1 Å². The lowest BCUT2D eigenvalue weighted by Crippen LogP contribution is -2.17. The highest BCUT2D eigenvalue weighted by Gasteiger charge is 2.08. The van der Waals surface area contributed by atoms with Gasteiger partial charge in [-0.15, -0.1) is 0 Å². The predicted octanol–water partition coefficient (Wildman–Crippen LogP) is 3.09. The Morgan fingerprint density at radius 3 is 2.25 bits per heavy atom. The van der Waals surface area contributed by atoms with Crippen LogP contribution in [0.4, 0.5) is 0 Å². The van der Waals surface area contributed by atoms with Crippen LogP contribution >= 0.6 is 7.60 Å². The standard InChI is InChI=1S/C18H20NO4P/c1-19(13-5-6-14-24(20,21)22)15-16-9-11-18(12-10-16)23-17-7-3-2-4-8-17/h2-4,7-12H,13-15H2,1H3,(H2,20,21,22). The summed E-state index contributed by atoms with van der Waals surface area (Å²) < 4.78 is 16.4. The van der Waals surface area contributed by atoms with Crippen LogP contribution in [0.3, 0.4) is 0 Å². The monoisotopic (exact) mass is 345 g/mol. The summed E-state index contributed by atoms with van der Waals surface area (Å²) in [5.74, 6) is 6.84. The molecule has 0 radical (unpaired) electrons. The van der Waals surface area contributed by atoms with Crippen molar-refractivity contribution in [3.63, 3.8) is 0 Å². The van der Waals surface area contributed by atoms with E-state index in [2.05, 4.69) is 11.8 Å². The summed E-state index contributed by atoms with van der Waals surface area (Å²) in [6, 6.07) is 17.4. The number of ether oxygens (including phenoxy) is 1. The second-order valence-electron chi connectivity index (χ2n) is 5.41. The first kappa shape index (κ1) is 18.3. The summed E-state index contributed by atoms with van der Waals surface area (Å²) in [5, 5.41) is 0. The maximum atomic E-state index is 10.7. The van der Waals surface area contributed by atoms with Gasteiger partial charge in [-0.25, -0.2) is 0 Å². The minimum atomic E-state index is -4.03. The molecule has 6 heteroatoms. The maximum absolute atomic E-state index is 10.7. The molecule has 2 rings (SSSR count). The lowest BCUT2D eigenvalue weighted by atomic mass is 10.2. The Balaban J connectivity index is 1.84. The zero-order valence-corrected chi connectivity index (χ0v) is 14.3. The van der Waals surface area contributed by atoms with Gasteiger partial charge in [-0.05, 0) is 36.9 Å². The highest BCUT2D eigenvalue weighted by Crippen LogP contribution is 2.32. The third-order valence-electron chi connectivity index (χ3n) is 3.11. The second-order valence-corrected chi connectivity index (χ2v) is 7.05. The summed E-state index contributed by atoms with van der Waals surface area (Å²) in [5.41, 5.74) is 1.11. The first-order valence-electron chi connectivity index (χ1n) is 7.43. The molecule has 0 aromatic heterocycles.